The van der Waals surface area contributed by atoms with Crippen LogP contribution in [0.4, 0.5) is 5.69 Å². The van der Waals surface area contributed by atoms with E-state index in [4.69, 9.17) is 21.1 Å². The second kappa shape index (κ2) is 11.9. The van der Waals surface area contributed by atoms with Crippen molar-refractivity contribution in [3.8, 4) is 11.5 Å². The summed E-state index contributed by atoms with van der Waals surface area (Å²) in [7, 11) is 0. The number of rotatable bonds is 9. The molecule has 3 aromatic carbocycles. The maximum atomic E-state index is 12.5. The molecular weight excluding hydrogens is 456 g/mol. The molecule has 0 saturated heterocycles. The van der Waals surface area contributed by atoms with Crippen LogP contribution in [0.1, 0.15) is 24.2 Å². The highest BCUT2D eigenvalue weighted by molar-refractivity contribution is 6.33. The van der Waals surface area contributed by atoms with Crippen molar-refractivity contribution in [3.63, 3.8) is 0 Å². The third-order valence-corrected chi connectivity index (χ3v) is 5.12. The van der Waals surface area contributed by atoms with Crippen LogP contribution in [0.15, 0.2) is 78.9 Å². The Morgan fingerprint density at radius 2 is 1.47 bits per heavy atom. The number of carbonyl (C=O) groups is 3. The quantitative estimate of drug-likeness (QED) is 0.417. The van der Waals surface area contributed by atoms with E-state index < -0.39 is 30.4 Å². The predicted octanol–water partition coefficient (Wildman–Crippen LogP) is 5.07. The van der Waals surface area contributed by atoms with Crippen molar-refractivity contribution in [2.75, 3.05) is 11.9 Å². The van der Waals surface area contributed by atoms with Crippen molar-refractivity contribution in [1.82, 2.24) is 5.32 Å². The molecule has 0 bridgehead atoms. The highest BCUT2D eigenvalue weighted by Gasteiger charge is 2.27. The van der Waals surface area contributed by atoms with Gasteiger partial charge in [-0.15, -0.1) is 0 Å². The van der Waals surface area contributed by atoms with Crippen LogP contribution in [0.25, 0.3) is 0 Å². The molecule has 0 aliphatic heterocycles. The van der Waals surface area contributed by atoms with E-state index in [1.54, 1.807) is 62.4 Å². The maximum Gasteiger partial charge on any atom is 0.329 e. The monoisotopic (exact) mass is 480 g/mol. The van der Waals surface area contributed by atoms with Crippen molar-refractivity contribution in [2.45, 2.75) is 19.9 Å². The Balaban J connectivity index is 1.51. The molecule has 0 aliphatic rings. The summed E-state index contributed by atoms with van der Waals surface area (Å²) in [5.74, 6) is -0.665. The number of hydrogen-bond donors (Lipinski definition) is 2. The van der Waals surface area contributed by atoms with Gasteiger partial charge in [0.2, 0.25) is 0 Å². The van der Waals surface area contributed by atoms with Gasteiger partial charge in [-0.25, -0.2) is 4.79 Å². The van der Waals surface area contributed by atoms with Gasteiger partial charge in [0.05, 0.1) is 10.6 Å². The Bertz CT molecular complexity index is 1130. The van der Waals surface area contributed by atoms with Gasteiger partial charge < -0.3 is 20.1 Å². The van der Waals surface area contributed by atoms with Crippen LogP contribution in [0.5, 0.6) is 11.5 Å². The molecule has 0 unspecified atom stereocenters. The lowest BCUT2D eigenvalue weighted by Gasteiger charge is -2.21. The molecular formula is C26H25ClN2O5. The molecule has 1 atom stereocenters. The van der Waals surface area contributed by atoms with E-state index in [0.29, 0.717) is 17.2 Å². The highest BCUT2D eigenvalue weighted by atomic mass is 35.5. The van der Waals surface area contributed by atoms with Crippen molar-refractivity contribution in [2.24, 2.45) is 5.92 Å². The zero-order chi connectivity index (χ0) is 24.5. The van der Waals surface area contributed by atoms with Gasteiger partial charge in [-0.1, -0.05) is 55.8 Å². The van der Waals surface area contributed by atoms with Crippen LogP contribution in [-0.4, -0.2) is 30.4 Å². The number of nitrogens with one attached hydrogen (secondary N) is 2. The molecule has 0 saturated carbocycles. The average Bonchev–Trinajstić information content (AvgIpc) is 2.83. The fourth-order valence-corrected chi connectivity index (χ4v) is 3.24. The Labute approximate surface area is 203 Å². The van der Waals surface area contributed by atoms with Gasteiger partial charge in [-0.3, -0.25) is 9.59 Å². The first-order valence-corrected chi connectivity index (χ1v) is 11.1. The van der Waals surface area contributed by atoms with Gasteiger partial charge in [-0.2, -0.15) is 0 Å². The minimum atomic E-state index is -0.939. The third-order valence-electron chi connectivity index (χ3n) is 4.79. The standard InChI is InChI=1S/C26H25ClN2O5/c1-17(2)24(29-25(31)21-10-6-7-11-22(21)27)26(32)33-16-23(30)28-18-12-14-20(15-13-18)34-19-8-4-3-5-9-19/h3-15,17,24H,16H2,1-2H3,(H,28,30)(H,29,31)/t24-/m0/s1. The molecule has 2 amide bonds. The molecule has 8 heteroatoms. The number of anilines is 1. The number of carbonyl (C=O) groups excluding carboxylic acids is 3. The van der Waals surface area contributed by atoms with Crippen molar-refractivity contribution < 1.29 is 23.9 Å². The molecule has 2 N–H and O–H groups in total. The van der Waals surface area contributed by atoms with Crippen molar-refractivity contribution in [1.29, 1.82) is 0 Å². The number of para-hydroxylation sites is 1. The summed E-state index contributed by atoms with van der Waals surface area (Å²) in [6.07, 6.45) is 0. The van der Waals surface area contributed by atoms with Crippen LogP contribution in [0.2, 0.25) is 5.02 Å². The Morgan fingerprint density at radius 1 is 0.853 bits per heavy atom. The molecule has 0 spiro atoms. The second-order valence-electron chi connectivity index (χ2n) is 7.77. The predicted molar refractivity (Wildman–Crippen MR) is 130 cm³/mol. The van der Waals surface area contributed by atoms with Crippen LogP contribution in [-0.2, 0) is 14.3 Å². The molecule has 0 radical (unpaired) electrons. The van der Waals surface area contributed by atoms with Crippen LogP contribution < -0.4 is 15.4 Å². The van der Waals surface area contributed by atoms with E-state index in [0.717, 1.165) is 0 Å². The van der Waals surface area contributed by atoms with E-state index >= 15 is 0 Å². The minimum Gasteiger partial charge on any atom is -0.457 e. The van der Waals surface area contributed by atoms with E-state index in [2.05, 4.69) is 10.6 Å². The minimum absolute atomic E-state index is 0.250. The average molecular weight is 481 g/mol. The maximum absolute atomic E-state index is 12.5. The largest absolute Gasteiger partial charge is 0.457 e. The fraction of sp³-hybridized carbons (Fsp3) is 0.192. The van der Waals surface area contributed by atoms with Gasteiger partial charge in [0, 0.05) is 5.69 Å². The van der Waals surface area contributed by atoms with Crippen LogP contribution >= 0.6 is 11.6 Å². The van der Waals surface area contributed by atoms with Crippen LogP contribution in [0.3, 0.4) is 0 Å². The number of esters is 1. The summed E-state index contributed by atoms with van der Waals surface area (Å²) >= 11 is 6.05. The number of benzene rings is 3. The SMILES string of the molecule is CC(C)[C@H](NC(=O)c1ccccc1Cl)C(=O)OCC(=O)Nc1ccc(Oc2ccccc2)cc1. The number of halogens is 1. The molecule has 7 nitrogen and oxygen atoms in total. The molecule has 0 heterocycles. The second-order valence-corrected chi connectivity index (χ2v) is 8.18. The lowest BCUT2D eigenvalue weighted by molar-refractivity contribution is -0.150. The third kappa shape index (κ3) is 7.08. The Morgan fingerprint density at radius 3 is 2.12 bits per heavy atom. The van der Waals surface area contributed by atoms with E-state index in [1.807, 2.05) is 30.3 Å². The molecule has 3 rings (SSSR count). The van der Waals surface area contributed by atoms with E-state index in [-0.39, 0.29) is 16.5 Å². The molecule has 0 fully saturated rings. The van der Waals surface area contributed by atoms with E-state index in [9.17, 15) is 14.4 Å². The Hall–Kier alpha value is -3.84. The highest BCUT2D eigenvalue weighted by Crippen LogP contribution is 2.22. The number of amides is 2. The molecule has 0 aliphatic carbocycles. The first kappa shape index (κ1) is 24.8. The van der Waals surface area contributed by atoms with Crippen LogP contribution in [0, 0.1) is 5.92 Å². The first-order valence-electron chi connectivity index (χ1n) is 10.7. The van der Waals surface area contributed by atoms with Gasteiger partial charge >= 0.3 is 5.97 Å². The lowest BCUT2D eigenvalue weighted by atomic mass is 10.0. The number of hydrogen-bond acceptors (Lipinski definition) is 5. The summed E-state index contributed by atoms with van der Waals surface area (Å²) in [6, 6.07) is 21.7. The van der Waals surface area contributed by atoms with Gasteiger partial charge in [0.15, 0.2) is 6.61 Å². The van der Waals surface area contributed by atoms with Gasteiger partial charge in [0.1, 0.15) is 17.5 Å². The molecule has 176 valence electrons. The molecule has 34 heavy (non-hydrogen) atoms. The Kier molecular flexibility index (Phi) is 8.65. The normalized spacial score (nSPS) is 11.4. The summed E-state index contributed by atoms with van der Waals surface area (Å²) in [4.78, 5) is 37.3. The lowest BCUT2D eigenvalue weighted by Crippen LogP contribution is -2.46. The summed E-state index contributed by atoms with van der Waals surface area (Å²) in [5, 5.41) is 5.56. The van der Waals surface area contributed by atoms with E-state index in [1.165, 1.54) is 0 Å². The summed E-state index contributed by atoms with van der Waals surface area (Å²) < 4.78 is 10.9. The number of ether oxygens (including phenoxy) is 2. The topological polar surface area (TPSA) is 93.7 Å². The first-order chi connectivity index (χ1) is 16.3. The van der Waals surface area contributed by atoms with Gasteiger partial charge in [-0.05, 0) is 54.4 Å². The summed E-state index contributed by atoms with van der Waals surface area (Å²) in [5.41, 5.74) is 0.772. The van der Waals surface area contributed by atoms with Gasteiger partial charge in [0.25, 0.3) is 11.8 Å². The van der Waals surface area contributed by atoms with Crippen molar-refractivity contribution >= 4 is 35.1 Å². The zero-order valence-corrected chi connectivity index (χ0v) is 19.5. The fourth-order valence-electron chi connectivity index (χ4n) is 3.02. The summed E-state index contributed by atoms with van der Waals surface area (Å²) in [6.45, 7) is 3.03. The van der Waals surface area contributed by atoms with Crippen molar-refractivity contribution in [3.05, 3.63) is 89.4 Å². The zero-order valence-electron chi connectivity index (χ0n) is 18.8. The molecule has 3 aromatic rings. The molecule has 0 aromatic heterocycles. The smallest absolute Gasteiger partial charge is 0.329 e.